The lowest BCUT2D eigenvalue weighted by Gasteiger charge is -2.06. The Bertz CT molecular complexity index is 355. The Hall–Kier alpha value is -1.52. The molecule has 0 aliphatic rings. The molecule has 0 N–H and O–H groups in total. The Morgan fingerprint density at radius 2 is 2.14 bits per heavy atom. The number of hydrogen-bond acceptors (Lipinski definition) is 2. The zero-order chi connectivity index (χ0) is 10.7. The van der Waals surface area contributed by atoms with Gasteiger partial charge in [0.2, 0.25) is 0 Å². The number of benzene rings is 1. The van der Waals surface area contributed by atoms with Gasteiger partial charge in [-0.25, -0.2) is 4.39 Å². The third-order valence-electron chi connectivity index (χ3n) is 1.92. The number of halogens is 2. The molecule has 5 heteroatoms. The molecule has 1 unspecified atom stereocenters. The Kier molecular flexibility index (Phi) is 3.11. The zero-order valence-corrected chi connectivity index (χ0v) is 7.54. The maximum absolute atomic E-state index is 12.9. The predicted octanol–water partition coefficient (Wildman–Crippen LogP) is 2.81. The van der Waals surface area contributed by atoms with Gasteiger partial charge in [-0.1, -0.05) is 6.92 Å². The van der Waals surface area contributed by atoms with Gasteiger partial charge in [0.05, 0.1) is 17.7 Å². The van der Waals surface area contributed by atoms with Crippen molar-refractivity contribution in [1.29, 1.82) is 0 Å². The lowest BCUT2D eigenvalue weighted by molar-refractivity contribution is -0.385. The molecule has 0 bridgehead atoms. The molecule has 0 fully saturated rings. The van der Waals surface area contributed by atoms with Crippen molar-refractivity contribution in [3.05, 3.63) is 39.7 Å². The number of rotatable bonds is 3. The number of alkyl halides is 1. The maximum atomic E-state index is 12.9. The first-order chi connectivity index (χ1) is 6.54. The molecule has 14 heavy (non-hydrogen) atoms. The van der Waals surface area contributed by atoms with Gasteiger partial charge >= 0.3 is 0 Å². The molecule has 0 saturated carbocycles. The molecule has 1 atom stereocenters. The van der Waals surface area contributed by atoms with Crippen LogP contribution in [-0.2, 0) is 0 Å². The summed E-state index contributed by atoms with van der Waals surface area (Å²) in [5.41, 5.74) is -0.0421. The van der Waals surface area contributed by atoms with E-state index in [9.17, 15) is 18.9 Å². The van der Waals surface area contributed by atoms with Crippen LogP contribution < -0.4 is 0 Å². The third-order valence-corrected chi connectivity index (χ3v) is 1.92. The number of nitrogens with zero attached hydrogens (tertiary/aromatic N) is 1. The molecule has 0 aliphatic heterocycles. The average Bonchev–Trinajstić information content (AvgIpc) is 2.15. The highest BCUT2D eigenvalue weighted by atomic mass is 19.1. The van der Waals surface area contributed by atoms with Gasteiger partial charge in [0.15, 0.2) is 0 Å². The van der Waals surface area contributed by atoms with Crippen molar-refractivity contribution in [3.63, 3.8) is 0 Å². The van der Waals surface area contributed by atoms with E-state index in [0.29, 0.717) is 5.56 Å². The molecule has 1 rings (SSSR count). The second-order valence-corrected chi connectivity index (χ2v) is 3.06. The van der Waals surface area contributed by atoms with Crippen LogP contribution in [0.25, 0.3) is 0 Å². The number of hydrogen-bond donors (Lipinski definition) is 0. The van der Waals surface area contributed by atoms with Crippen molar-refractivity contribution in [3.8, 4) is 0 Å². The fraction of sp³-hybridized carbons (Fsp3) is 0.333. The van der Waals surface area contributed by atoms with Gasteiger partial charge in [0, 0.05) is 12.0 Å². The minimum absolute atomic E-state index is 0.305. The monoisotopic (exact) mass is 201 g/mol. The topological polar surface area (TPSA) is 43.1 Å². The van der Waals surface area contributed by atoms with Crippen LogP contribution in [0.3, 0.4) is 0 Å². The first-order valence-corrected chi connectivity index (χ1v) is 4.05. The normalized spacial score (nSPS) is 12.5. The van der Waals surface area contributed by atoms with Gasteiger partial charge in [0.1, 0.15) is 5.82 Å². The molecule has 1 aromatic carbocycles. The minimum atomic E-state index is -0.713. The van der Waals surface area contributed by atoms with E-state index < -0.39 is 23.3 Å². The fourth-order valence-electron chi connectivity index (χ4n) is 1.08. The number of non-ortho nitro benzene ring substituents is 1. The molecule has 0 aliphatic carbocycles. The van der Waals surface area contributed by atoms with Crippen LogP contribution in [0.1, 0.15) is 18.4 Å². The quantitative estimate of drug-likeness (QED) is 0.557. The highest BCUT2D eigenvalue weighted by Gasteiger charge is 2.13. The van der Waals surface area contributed by atoms with Gasteiger partial charge in [-0.15, -0.1) is 0 Å². The SMILES string of the molecule is CC(CF)c1cc(F)cc([N+](=O)[O-])c1. The van der Waals surface area contributed by atoms with Crippen molar-refractivity contribution in [2.45, 2.75) is 12.8 Å². The molecule has 76 valence electrons. The van der Waals surface area contributed by atoms with Crippen LogP contribution in [0.15, 0.2) is 18.2 Å². The molecular formula is C9H9F2NO2. The van der Waals surface area contributed by atoms with E-state index in [1.54, 1.807) is 6.92 Å². The predicted molar refractivity (Wildman–Crippen MR) is 47.4 cm³/mol. The van der Waals surface area contributed by atoms with E-state index in [2.05, 4.69) is 0 Å². The van der Waals surface area contributed by atoms with Gasteiger partial charge in [-0.2, -0.15) is 0 Å². The summed E-state index contributed by atoms with van der Waals surface area (Å²) >= 11 is 0. The van der Waals surface area contributed by atoms with E-state index in [1.807, 2.05) is 0 Å². The van der Waals surface area contributed by atoms with Crippen molar-refractivity contribution in [2.24, 2.45) is 0 Å². The van der Waals surface area contributed by atoms with Crippen LogP contribution in [0.4, 0.5) is 14.5 Å². The fourth-order valence-corrected chi connectivity index (χ4v) is 1.08. The lowest BCUT2D eigenvalue weighted by atomic mass is 10.0. The van der Waals surface area contributed by atoms with Gasteiger partial charge in [-0.3, -0.25) is 14.5 Å². The standard InChI is InChI=1S/C9H9F2NO2/c1-6(5-10)7-2-8(11)4-9(3-7)12(13)14/h2-4,6H,5H2,1H3. The molecular weight excluding hydrogens is 192 g/mol. The first kappa shape index (κ1) is 10.6. The van der Waals surface area contributed by atoms with E-state index in [-0.39, 0.29) is 5.69 Å². The maximum Gasteiger partial charge on any atom is 0.272 e. The van der Waals surface area contributed by atoms with Crippen molar-refractivity contribution in [2.75, 3.05) is 6.67 Å². The van der Waals surface area contributed by atoms with Crippen LogP contribution in [0.2, 0.25) is 0 Å². The second kappa shape index (κ2) is 4.13. The molecule has 0 heterocycles. The second-order valence-electron chi connectivity index (χ2n) is 3.06. The van der Waals surface area contributed by atoms with Crippen molar-refractivity contribution in [1.82, 2.24) is 0 Å². The highest BCUT2D eigenvalue weighted by molar-refractivity contribution is 5.36. The van der Waals surface area contributed by atoms with Crippen LogP contribution >= 0.6 is 0 Å². The summed E-state index contributed by atoms with van der Waals surface area (Å²) in [5, 5.41) is 10.4. The number of nitro benzene ring substituents is 1. The Morgan fingerprint density at radius 3 is 2.64 bits per heavy atom. The summed E-state index contributed by atoms with van der Waals surface area (Å²) in [4.78, 5) is 9.66. The first-order valence-electron chi connectivity index (χ1n) is 4.05. The van der Waals surface area contributed by atoms with Crippen molar-refractivity contribution < 1.29 is 13.7 Å². The summed E-state index contributed by atoms with van der Waals surface area (Å²) in [6, 6.07) is 3.11. The van der Waals surface area contributed by atoms with Gasteiger partial charge < -0.3 is 0 Å². The van der Waals surface area contributed by atoms with Crippen LogP contribution in [0.5, 0.6) is 0 Å². The lowest BCUT2D eigenvalue weighted by Crippen LogP contribution is -1.98. The summed E-state index contributed by atoms with van der Waals surface area (Å²) in [5.74, 6) is -1.24. The van der Waals surface area contributed by atoms with Gasteiger partial charge in [-0.05, 0) is 11.6 Å². The third kappa shape index (κ3) is 2.25. The molecule has 1 aromatic rings. The van der Waals surface area contributed by atoms with Crippen LogP contribution in [-0.4, -0.2) is 11.6 Å². The van der Waals surface area contributed by atoms with Crippen LogP contribution in [0, 0.1) is 15.9 Å². The molecule has 0 radical (unpaired) electrons. The molecule has 0 saturated heterocycles. The molecule has 0 aromatic heterocycles. The van der Waals surface area contributed by atoms with E-state index in [4.69, 9.17) is 0 Å². The molecule has 0 spiro atoms. The average molecular weight is 201 g/mol. The summed E-state index contributed by atoms with van der Waals surface area (Å²) in [6.07, 6.45) is 0. The Morgan fingerprint density at radius 1 is 1.50 bits per heavy atom. The molecule has 3 nitrogen and oxygen atoms in total. The smallest absolute Gasteiger partial charge is 0.258 e. The zero-order valence-electron chi connectivity index (χ0n) is 7.54. The Balaban J connectivity index is 3.13. The van der Waals surface area contributed by atoms with E-state index in [0.717, 1.165) is 12.1 Å². The van der Waals surface area contributed by atoms with E-state index >= 15 is 0 Å². The van der Waals surface area contributed by atoms with Crippen molar-refractivity contribution >= 4 is 5.69 Å². The van der Waals surface area contributed by atoms with Gasteiger partial charge in [0.25, 0.3) is 5.69 Å². The highest BCUT2D eigenvalue weighted by Crippen LogP contribution is 2.22. The molecule has 0 amide bonds. The minimum Gasteiger partial charge on any atom is -0.258 e. The Labute approximate surface area is 79.5 Å². The summed E-state index contributed by atoms with van der Waals surface area (Å²) in [6.45, 7) is 0.874. The number of nitro groups is 1. The van der Waals surface area contributed by atoms with E-state index in [1.165, 1.54) is 6.07 Å². The summed E-state index contributed by atoms with van der Waals surface area (Å²) in [7, 11) is 0. The largest absolute Gasteiger partial charge is 0.272 e. The summed E-state index contributed by atoms with van der Waals surface area (Å²) < 4.78 is 25.1.